The Hall–Kier alpha value is -2.99. The minimum absolute atomic E-state index is 0.169. The van der Waals surface area contributed by atoms with Gasteiger partial charge >= 0.3 is 0 Å². The Kier molecular flexibility index (Phi) is 8.17. The highest BCUT2D eigenvalue weighted by Gasteiger charge is 2.20. The van der Waals surface area contributed by atoms with E-state index in [9.17, 15) is 9.59 Å². The molecule has 1 aromatic carbocycles. The summed E-state index contributed by atoms with van der Waals surface area (Å²) >= 11 is 2.67. The Balaban J connectivity index is 1.49. The van der Waals surface area contributed by atoms with E-state index < -0.39 is 5.25 Å². The number of hydrogen-bond acceptors (Lipinski definition) is 9. The number of ether oxygens (including phenoxy) is 1. The van der Waals surface area contributed by atoms with Gasteiger partial charge in [-0.3, -0.25) is 14.9 Å². The fraction of sp³-hybridized carbons (Fsp3) is 0.400. The Morgan fingerprint density at radius 3 is 2.59 bits per heavy atom. The third-order valence-electron chi connectivity index (χ3n) is 4.56. The third-order valence-corrected chi connectivity index (χ3v) is 6.68. The van der Waals surface area contributed by atoms with Crippen molar-refractivity contribution in [2.24, 2.45) is 7.05 Å². The van der Waals surface area contributed by atoms with Crippen LogP contribution in [0, 0.1) is 0 Å². The van der Waals surface area contributed by atoms with Crippen LogP contribution in [0.3, 0.4) is 0 Å². The maximum atomic E-state index is 12.4. The Morgan fingerprint density at radius 2 is 1.94 bits per heavy atom. The number of carbonyl (C=O) groups excluding carboxylic acids is 2. The van der Waals surface area contributed by atoms with E-state index >= 15 is 0 Å². The van der Waals surface area contributed by atoms with Crippen molar-refractivity contribution in [3.05, 3.63) is 40.7 Å². The molecule has 12 heteroatoms. The maximum Gasteiger partial charge on any atom is 0.251 e. The molecule has 0 saturated heterocycles. The first-order chi connectivity index (χ1) is 15.4. The monoisotopic (exact) mass is 475 g/mol. The zero-order valence-corrected chi connectivity index (χ0v) is 19.9. The minimum atomic E-state index is -0.394. The number of nitrogens with zero attached hydrogens (tertiary/aromatic N) is 5. The summed E-state index contributed by atoms with van der Waals surface area (Å²) in [6.45, 7) is 4.19. The second-order valence-electron chi connectivity index (χ2n) is 6.80. The van der Waals surface area contributed by atoms with Crippen molar-refractivity contribution in [3.63, 3.8) is 0 Å². The highest BCUT2D eigenvalue weighted by Crippen LogP contribution is 2.23. The Bertz CT molecular complexity index is 1070. The third kappa shape index (κ3) is 6.04. The quantitative estimate of drug-likeness (QED) is 0.428. The van der Waals surface area contributed by atoms with Crippen LogP contribution in [0.15, 0.2) is 29.4 Å². The summed E-state index contributed by atoms with van der Waals surface area (Å²) < 4.78 is 6.93. The van der Waals surface area contributed by atoms with Gasteiger partial charge in [0.2, 0.25) is 11.0 Å². The van der Waals surface area contributed by atoms with Crippen molar-refractivity contribution in [1.29, 1.82) is 0 Å². The molecule has 0 spiro atoms. The second-order valence-corrected chi connectivity index (χ2v) is 9.17. The van der Waals surface area contributed by atoms with Crippen LogP contribution in [-0.4, -0.2) is 55.7 Å². The molecule has 2 N–H and O–H groups in total. The number of amides is 2. The highest BCUT2D eigenvalue weighted by atomic mass is 32.2. The Labute approximate surface area is 194 Å². The molecule has 0 fully saturated rings. The van der Waals surface area contributed by atoms with Crippen molar-refractivity contribution < 1.29 is 14.3 Å². The number of rotatable bonds is 10. The van der Waals surface area contributed by atoms with Gasteiger partial charge in [0, 0.05) is 25.6 Å². The Morgan fingerprint density at radius 1 is 1.19 bits per heavy atom. The molecule has 0 aliphatic carbocycles. The first-order valence-electron chi connectivity index (χ1n) is 10.0. The molecule has 3 rings (SSSR count). The van der Waals surface area contributed by atoms with Crippen molar-refractivity contribution in [3.8, 4) is 5.75 Å². The fourth-order valence-corrected chi connectivity index (χ4v) is 4.18. The van der Waals surface area contributed by atoms with Gasteiger partial charge in [-0.15, -0.1) is 20.4 Å². The summed E-state index contributed by atoms with van der Waals surface area (Å²) in [6, 6.07) is 6.91. The van der Waals surface area contributed by atoms with Crippen LogP contribution in [0.25, 0.3) is 0 Å². The number of aryl methyl sites for hydroxylation is 1. The van der Waals surface area contributed by atoms with Crippen molar-refractivity contribution in [1.82, 2.24) is 30.3 Å². The van der Waals surface area contributed by atoms with Crippen LogP contribution in [0.2, 0.25) is 0 Å². The number of aromatic nitrogens is 5. The van der Waals surface area contributed by atoms with E-state index in [1.165, 1.54) is 23.1 Å². The smallest absolute Gasteiger partial charge is 0.251 e. The van der Waals surface area contributed by atoms with Gasteiger partial charge in [0.15, 0.2) is 5.16 Å². The van der Waals surface area contributed by atoms with E-state index in [0.29, 0.717) is 40.4 Å². The SMILES string of the molecule is CCc1nnc(NC(=O)[C@@H](C)Sc2nnc(CCNC(=O)c3ccc(OC)cc3)n2C)s1. The molecule has 0 saturated carbocycles. The summed E-state index contributed by atoms with van der Waals surface area (Å²) in [6.07, 6.45) is 1.29. The van der Waals surface area contributed by atoms with Crippen molar-refractivity contribution >= 4 is 40.0 Å². The van der Waals surface area contributed by atoms with Crippen LogP contribution < -0.4 is 15.4 Å². The second kappa shape index (κ2) is 11.0. The van der Waals surface area contributed by atoms with Crippen LogP contribution in [0.1, 0.15) is 35.0 Å². The zero-order valence-electron chi connectivity index (χ0n) is 18.3. The molecule has 2 aromatic heterocycles. The number of nitrogens with one attached hydrogen (secondary N) is 2. The van der Waals surface area contributed by atoms with Gasteiger partial charge < -0.3 is 14.6 Å². The molecule has 0 aliphatic heterocycles. The number of benzene rings is 1. The fourth-order valence-electron chi connectivity index (χ4n) is 2.66. The highest BCUT2D eigenvalue weighted by molar-refractivity contribution is 8.00. The summed E-state index contributed by atoms with van der Waals surface area (Å²) in [5, 5.41) is 23.6. The van der Waals surface area contributed by atoms with Crippen LogP contribution in [0.4, 0.5) is 5.13 Å². The van der Waals surface area contributed by atoms with E-state index in [4.69, 9.17) is 4.74 Å². The summed E-state index contributed by atoms with van der Waals surface area (Å²) in [5.74, 6) is 1.07. The van der Waals surface area contributed by atoms with E-state index in [-0.39, 0.29) is 11.8 Å². The van der Waals surface area contributed by atoms with Gasteiger partial charge in [-0.05, 0) is 37.6 Å². The van der Waals surface area contributed by atoms with Gasteiger partial charge in [-0.25, -0.2) is 0 Å². The standard InChI is InChI=1S/C20H25N7O3S2/c1-5-16-24-25-19(32-16)22-17(28)12(2)31-20-26-23-15(27(20)3)10-11-21-18(29)13-6-8-14(30-4)9-7-13/h6-9,12H,5,10-11H2,1-4H3,(H,21,29)(H,22,25,28)/t12-/m1/s1. The first-order valence-corrected chi connectivity index (χ1v) is 11.7. The van der Waals surface area contributed by atoms with Gasteiger partial charge in [0.1, 0.15) is 16.6 Å². The van der Waals surface area contributed by atoms with Gasteiger partial charge in [-0.1, -0.05) is 30.0 Å². The molecule has 0 radical (unpaired) electrons. The lowest BCUT2D eigenvalue weighted by Crippen LogP contribution is -2.26. The molecule has 10 nitrogen and oxygen atoms in total. The van der Waals surface area contributed by atoms with Crippen LogP contribution in [0.5, 0.6) is 5.75 Å². The average Bonchev–Trinajstić information content (AvgIpc) is 3.40. The number of anilines is 1. The van der Waals surface area contributed by atoms with Gasteiger partial charge in [0.25, 0.3) is 5.91 Å². The van der Waals surface area contributed by atoms with E-state index in [1.807, 2.05) is 18.5 Å². The molecule has 1 atom stereocenters. The lowest BCUT2D eigenvalue weighted by atomic mass is 10.2. The van der Waals surface area contributed by atoms with Crippen LogP contribution >= 0.6 is 23.1 Å². The van der Waals surface area contributed by atoms with E-state index in [0.717, 1.165) is 11.4 Å². The molecule has 32 heavy (non-hydrogen) atoms. The van der Waals surface area contributed by atoms with E-state index in [2.05, 4.69) is 31.0 Å². The molecule has 170 valence electrons. The molecule has 0 unspecified atom stereocenters. The van der Waals surface area contributed by atoms with Crippen LogP contribution in [-0.2, 0) is 24.7 Å². The molecule has 0 aliphatic rings. The lowest BCUT2D eigenvalue weighted by Gasteiger charge is -2.10. The van der Waals surface area contributed by atoms with E-state index in [1.54, 1.807) is 38.3 Å². The number of hydrogen-bond donors (Lipinski definition) is 2. The minimum Gasteiger partial charge on any atom is -0.497 e. The first kappa shape index (κ1) is 23.7. The number of methoxy groups -OCH3 is 1. The molecule has 3 aromatic rings. The summed E-state index contributed by atoms with van der Waals surface area (Å²) in [7, 11) is 3.42. The zero-order chi connectivity index (χ0) is 23.1. The summed E-state index contributed by atoms with van der Waals surface area (Å²) in [5.41, 5.74) is 0.557. The molecular formula is C20H25N7O3S2. The van der Waals surface area contributed by atoms with Crippen molar-refractivity contribution in [2.75, 3.05) is 19.0 Å². The molecule has 0 bridgehead atoms. The maximum absolute atomic E-state index is 12.4. The van der Waals surface area contributed by atoms with Gasteiger partial charge in [0.05, 0.1) is 12.4 Å². The molecule has 2 heterocycles. The molecular weight excluding hydrogens is 450 g/mol. The largest absolute Gasteiger partial charge is 0.497 e. The number of thioether (sulfide) groups is 1. The lowest BCUT2D eigenvalue weighted by molar-refractivity contribution is -0.115. The molecule has 2 amide bonds. The normalized spacial score (nSPS) is 11.8. The number of carbonyl (C=O) groups is 2. The van der Waals surface area contributed by atoms with Crippen molar-refractivity contribution in [2.45, 2.75) is 37.1 Å². The average molecular weight is 476 g/mol. The van der Waals surface area contributed by atoms with Gasteiger partial charge in [-0.2, -0.15) is 0 Å². The summed E-state index contributed by atoms with van der Waals surface area (Å²) in [4.78, 5) is 24.7. The topological polar surface area (TPSA) is 124 Å². The predicted octanol–water partition coefficient (Wildman–Crippen LogP) is 2.33. The predicted molar refractivity (Wildman–Crippen MR) is 123 cm³/mol.